The average molecular weight is 309 g/mol. The van der Waals surface area contributed by atoms with Crippen LogP contribution in [-0.2, 0) is 0 Å². The number of aryl methyl sites for hydroxylation is 1. The van der Waals surface area contributed by atoms with Crippen LogP contribution in [0, 0.1) is 6.92 Å². The summed E-state index contributed by atoms with van der Waals surface area (Å²) in [5.74, 6) is -0.118. The van der Waals surface area contributed by atoms with Crippen molar-refractivity contribution in [1.82, 2.24) is 4.98 Å². The van der Waals surface area contributed by atoms with Crippen molar-refractivity contribution in [2.75, 3.05) is 11.1 Å². The van der Waals surface area contributed by atoms with E-state index in [1.54, 1.807) is 0 Å². The van der Waals surface area contributed by atoms with Gasteiger partial charge in [0.2, 0.25) is 0 Å². The molecule has 0 saturated carbocycles. The van der Waals surface area contributed by atoms with Gasteiger partial charge in [-0.25, -0.2) is 4.98 Å². The first-order chi connectivity index (χ1) is 10.6. The van der Waals surface area contributed by atoms with Crippen molar-refractivity contribution in [2.45, 2.75) is 6.92 Å². The van der Waals surface area contributed by atoms with Crippen molar-refractivity contribution in [3.05, 3.63) is 65.0 Å². The molecule has 0 spiro atoms. The Labute approximate surface area is 132 Å². The molecule has 0 bridgehead atoms. The summed E-state index contributed by atoms with van der Waals surface area (Å²) in [7, 11) is 0. The Hall–Kier alpha value is -2.66. The number of anilines is 2. The second-order valence-corrected chi connectivity index (χ2v) is 5.81. The summed E-state index contributed by atoms with van der Waals surface area (Å²) < 4.78 is 0. The normalized spacial score (nSPS) is 10.4. The lowest BCUT2D eigenvalue weighted by Gasteiger charge is -2.08. The molecule has 0 aliphatic carbocycles. The number of nitrogens with two attached hydrogens (primary N) is 1. The minimum Gasteiger partial charge on any atom is -0.375 e. The molecule has 22 heavy (non-hydrogen) atoms. The van der Waals surface area contributed by atoms with Gasteiger partial charge in [-0.3, -0.25) is 4.79 Å². The third kappa shape index (κ3) is 2.99. The number of carbonyl (C=O) groups is 1. The number of hydrogen-bond acceptors (Lipinski definition) is 4. The van der Waals surface area contributed by atoms with E-state index in [2.05, 4.69) is 10.3 Å². The Morgan fingerprint density at radius 1 is 1.18 bits per heavy atom. The molecule has 0 unspecified atom stereocenters. The number of hydrogen-bond donors (Lipinski definition) is 2. The maximum Gasteiger partial charge on any atom is 0.255 e. The number of nitrogen functional groups attached to an aromatic ring is 1. The molecule has 1 amide bonds. The molecule has 2 aromatic carbocycles. The highest BCUT2D eigenvalue weighted by Crippen LogP contribution is 2.25. The molecule has 0 aliphatic rings. The maximum atomic E-state index is 12.3. The molecule has 0 saturated heterocycles. The van der Waals surface area contributed by atoms with Gasteiger partial charge in [0, 0.05) is 22.2 Å². The first-order valence-electron chi connectivity index (χ1n) is 6.82. The SMILES string of the molecule is Cc1ccccc1C(=O)Nc1cccc(-c2csc(N)n2)c1. The lowest BCUT2D eigenvalue weighted by Crippen LogP contribution is -2.13. The number of aromatic nitrogens is 1. The first kappa shape index (κ1) is 14.3. The van der Waals surface area contributed by atoms with Crippen molar-refractivity contribution in [1.29, 1.82) is 0 Å². The predicted octanol–water partition coefficient (Wildman–Crippen LogP) is 3.95. The van der Waals surface area contributed by atoms with E-state index in [1.165, 1.54) is 11.3 Å². The lowest BCUT2D eigenvalue weighted by molar-refractivity contribution is 0.102. The van der Waals surface area contributed by atoms with Gasteiger partial charge in [0.15, 0.2) is 5.13 Å². The van der Waals surface area contributed by atoms with Crippen molar-refractivity contribution < 1.29 is 4.79 Å². The van der Waals surface area contributed by atoms with Gasteiger partial charge in [0.25, 0.3) is 5.91 Å². The van der Waals surface area contributed by atoms with E-state index in [-0.39, 0.29) is 5.91 Å². The van der Waals surface area contributed by atoms with E-state index in [9.17, 15) is 4.79 Å². The lowest BCUT2D eigenvalue weighted by atomic mass is 10.1. The van der Waals surface area contributed by atoms with Crippen LogP contribution in [0.25, 0.3) is 11.3 Å². The molecule has 4 nitrogen and oxygen atoms in total. The van der Waals surface area contributed by atoms with E-state index in [4.69, 9.17) is 5.73 Å². The summed E-state index contributed by atoms with van der Waals surface area (Å²) in [5.41, 5.74) is 9.76. The Bertz CT molecular complexity index is 826. The van der Waals surface area contributed by atoms with Crippen LogP contribution in [0.4, 0.5) is 10.8 Å². The Morgan fingerprint density at radius 3 is 2.73 bits per heavy atom. The third-order valence-corrected chi connectivity index (χ3v) is 4.00. The molecule has 3 N–H and O–H groups in total. The zero-order chi connectivity index (χ0) is 15.5. The van der Waals surface area contributed by atoms with E-state index < -0.39 is 0 Å². The molecule has 0 fully saturated rings. The highest BCUT2D eigenvalue weighted by molar-refractivity contribution is 7.13. The van der Waals surface area contributed by atoms with Gasteiger partial charge in [-0.15, -0.1) is 11.3 Å². The van der Waals surface area contributed by atoms with Crippen LogP contribution in [0.1, 0.15) is 15.9 Å². The smallest absolute Gasteiger partial charge is 0.255 e. The fourth-order valence-corrected chi connectivity index (χ4v) is 2.77. The largest absolute Gasteiger partial charge is 0.375 e. The van der Waals surface area contributed by atoms with Gasteiger partial charge in [0.1, 0.15) is 0 Å². The Morgan fingerprint density at radius 2 is 2.00 bits per heavy atom. The van der Waals surface area contributed by atoms with Crippen LogP contribution >= 0.6 is 11.3 Å². The van der Waals surface area contributed by atoms with Gasteiger partial charge < -0.3 is 11.1 Å². The topological polar surface area (TPSA) is 68.0 Å². The average Bonchev–Trinajstić information content (AvgIpc) is 2.94. The molecule has 1 aromatic heterocycles. The molecular formula is C17H15N3OS. The number of benzene rings is 2. The second-order valence-electron chi connectivity index (χ2n) is 4.92. The fourth-order valence-electron chi connectivity index (χ4n) is 2.20. The van der Waals surface area contributed by atoms with Crippen LogP contribution in [0.15, 0.2) is 53.9 Å². The second kappa shape index (κ2) is 5.99. The van der Waals surface area contributed by atoms with Crippen LogP contribution in [0.5, 0.6) is 0 Å². The van der Waals surface area contributed by atoms with Crippen LogP contribution in [-0.4, -0.2) is 10.9 Å². The van der Waals surface area contributed by atoms with Crippen molar-refractivity contribution in [3.63, 3.8) is 0 Å². The molecule has 0 aliphatic heterocycles. The molecule has 110 valence electrons. The van der Waals surface area contributed by atoms with Gasteiger partial charge >= 0.3 is 0 Å². The van der Waals surface area contributed by atoms with E-state index in [1.807, 2.05) is 60.8 Å². The summed E-state index contributed by atoms with van der Waals surface area (Å²) >= 11 is 1.40. The Balaban J connectivity index is 1.84. The van der Waals surface area contributed by atoms with Crippen molar-refractivity contribution in [2.24, 2.45) is 0 Å². The molecule has 3 rings (SSSR count). The highest BCUT2D eigenvalue weighted by atomic mass is 32.1. The van der Waals surface area contributed by atoms with E-state index in [0.717, 1.165) is 22.5 Å². The third-order valence-electron chi connectivity index (χ3n) is 3.33. The molecule has 0 radical (unpaired) electrons. The number of amides is 1. The zero-order valence-electron chi connectivity index (χ0n) is 12.0. The Kier molecular flexibility index (Phi) is 3.89. The number of carbonyl (C=O) groups excluding carboxylic acids is 1. The van der Waals surface area contributed by atoms with Crippen molar-refractivity contribution >= 4 is 28.1 Å². The van der Waals surface area contributed by atoms with Gasteiger partial charge in [0.05, 0.1) is 5.69 Å². The van der Waals surface area contributed by atoms with Crippen molar-refractivity contribution in [3.8, 4) is 11.3 Å². The number of nitrogens with zero attached hydrogens (tertiary/aromatic N) is 1. The summed E-state index contributed by atoms with van der Waals surface area (Å²) in [6.07, 6.45) is 0. The minimum absolute atomic E-state index is 0.118. The number of rotatable bonds is 3. The fraction of sp³-hybridized carbons (Fsp3) is 0.0588. The quantitative estimate of drug-likeness (QED) is 0.769. The van der Waals surface area contributed by atoms with Gasteiger partial charge in [-0.05, 0) is 30.7 Å². The van der Waals surface area contributed by atoms with E-state index in [0.29, 0.717) is 10.7 Å². The first-order valence-corrected chi connectivity index (χ1v) is 7.70. The molecule has 1 heterocycles. The summed E-state index contributed by atoms with van der Waals surface area (Å²) in [6.45, 7) is 1.92. The summed E-state index contributed by atoms with van der Waals surface area (Å²) in [5, 5.41) is 5.35. The summed E-state index contributed by atoms with van der Waals surface area (Å²) in [6, 6.07) is 15.1. The minimum atomic E-state index is -0.118. The molecule has 5 heteroatoms. The van der Waals surface area contributed by atoms with Gasteiger partial charge in [-0.1, -0.05) is 30.3 Å². The molecule has 3 aromatic rings. The maximum absolute atomic E-state index is 12.3. The van der Waals surface area contributed by atoms with Gasteiger partial charge in [-0.2, -0.15) is 0 Å². The molecule has 0 atom stereocenters. The standard InChI is InChI=1S/C17H15N3OS/c1-11-5-2-3-8-14(11)16(21)19-13-7-4-6-12(9-13)15-10-22-17(18)20-15/h2-10H,1H3,(H2,18,20)(H,19,21). The molecular weight excluding hydrogens is 294 g/mol. The van der Waals surface area contributed by atoms with Crippen LogP contribution < -0.4 is 11.1 Å². The highest BCUT2D eigenvalue weighted by Gasteiger charge is 2.09. The monoisotopic (exact) mass is 309 g/mol. The number of nitrogens with one attached hydrogen (secondary N) is 1. The number of thiazole rings is 1. The summed E-state index contributed by atoms with van der Waals surface area (Å²) in [4.78, 5) is 16.6. The van der Waals surface area contributed by atoms with Crippen LogP contribution in [0.2, 0.25) is 0 Å². The zero-order valence-corrected chi connectivity index (χ0v) is 12.9. The predicted molar refractivity (Wildman–Crippen MR) is 91.1 cm³/mol. The van der Waals surface area contributed by atoms with E-state index >= 15 is 0 Å². The van der Waals surface area contributed by atoms with Crippen LogP contribution in [0.3, 0.4) is 0 Å².